The van der Waals surface area contributed by atoms with Crippen molar-refractivity contribution in [2.45, 2.75) is 20.0 Å². The van der Waals surface area contributed by atoms with Crippen LogP contribution in [0.1, 0.15) is 23.2 Å². The van der Waals surface area contributed by atoms with Gasteiger partial charge >= 0.3 is 0 Å². The summed E-state index contributed by atoms with van der Waals surface area (Å²) in [5.41, 5.74) is 8.40. The zero-order chi connectivity index (χ0) is 19.7. The maximum absolute atomic E-state index is 12.8. The number of anilines is 1. The van der Waals surface area contributed by atoms with Gasteiger partial charge in [-0.1, -0.05) is 35.5 Å². The van der Waals surface area contributed by atoms with Gasteiger partial charge in [-0.2, -0.15) is 4.98 Å². The molecule has 1 amide bonds. The van der Waals surface area contributed by atoms with Crippen LogP contribution in [0.4, 0.5) is 5.95 Å². The summed E-state index contributed by atoms with van der Waals surface area (Å²) in [7, 11) is 1.66. The standard InChI is InChI=1S/C19H19N7O2/c1-3-26-17-14(22-19(26)20)9-13(10-21-17)18(27)25(2)11-15-23-16(24-28-15)12-7-5-4-6-8-12/h4-10H,3,11H2,1-2H3,(H2,20,22). The maximum Gasteiger partial charge on any atom is 0.255 e. The molecule has 28 heavy (non-hydrogen) atoms. The van der Waals surface area contributed by atoms with E-state index in [1.54, 1.807) is 17.7 Å². The van der Waals surface area contributed by atoms with E-state index in [1.165, 1.54) is 11.1 Å². The van der Waals surface area contributed by atoms with Gasteiger partial charge in [0.1, 0.15) is 5.52 Å². The van der Waals surface area contributed by atoms with Gasteiger partial charge in [-0.25, -0.2) is 9.97 Å². The van der Waals surface area contributed by atoms with E-state index in [-0.39, 0.29) is 12.5 Å². The number of carbonyl (C=O) groups excluding carboxylic acids is 1. The van der Waals surface area contributed by atoms with Crippen LogP contribution in [0.25, 0.3) is 22.6 Å². The first-order valence-electron chi connectivity index (χ1n) is 8.82. The number of nitrogens with two attached hydrogens (primary N) is 1. The Balaban J connectivity index is 1.52. The van der Waals surface area contributed by atoms with E-state index in [2.05, 4.69) is 20.1 Å². The van der Waals surface area contributed by atoms with Gasteiger partial charge in [0.2, 0.25) is 17.7 Å². The predicted molar refractivity (Wildman–Crippen MR) is 103 cm³/mol. The van der Waals surface area contributed by atoms with Gasteiger partial charge in [-0.15, -0.1) is 0 Å². The van der Waals surface area contributed by atoms with E-state index in [0.29, 0.717) is 40.9 Å². The van der Waals surface area contributed by atoms with E-state index in [4.69, 9.17) is 10.3 Å². The molecule has 3 heterocycles. The smallest absolute Gasteiger partial charge is 0.255 e. The molecule has 9 nitrogen and oxygen atoms in total. The summed E-state index contributed by atoms with van der Waals surface area (Å²) < 4.78 is 7.07. The number of hydrogen-bond acceptors (Lipinski definition) is 7. The SMILES string of the molecule is CCn1c(N)nc2cc(C(=O)N(C)Cc3nc(-c4ccccc4)no3)cnc21. The summed E-state index contributed by atoms with van der Waals surface area (Å²) >= 11 is 0. The third-order valence-corrected chi connectivity index (χ3v) is 4.40. The number of hydrogen-bond donors (Lipinski definition) is 1. The van der Waals surface area contributed by atoms with Crippen LogP contribution in [0.3, 0.4) is 0 Å². The quantitative estimate of drug-likeness (QED) is 0.567. The number of aryl methyl sites for hydroxylation is 1. The van der Waals surface area contributed by atoms with Crippen molar-refractivity contribution in [3.05, 3.63) is 54.0 Å². The summed E-state index contributed by atoms with van der Waals surface area (Å²) in [6, 6.07) is 11.2. The zero-order valence-electron chi connectivity index (χ0n) is 15.5. The molecule has 142 valence electrons. The van der Waals surface area contributed by atoms with Crippen LogP contribution in [0.2, 0.25) is 0 Å². The molecule has 3 aromatic heterocycles. The number of nitrogen functional groups attached to an aromatic ring is 1. The number of pyridine rings is 1. The van der Waals surface area contributed by atoms with Crippen molar-refractivity contribution >= 4 is 23.0 Å². The summed E-state index contributed by atoms with van der Waals surface area (Å²) in [4.78, 5) is 27.2. The van der Waals surface area contributed by atoms with Gasteiger partial charge in [0.05, 0.1) is 12.1 Å². The lowest BCUT2D eigenvalue weighted by atomic mass is 10.2. The van der Waals surface area contributed by atoms with E-state index >= 15 is 0 Å². The molecule has 0 saturated carbocycles. The normalized spacial score (nSPS) is 11.1. The molecule has 0 radical (unpaired) electrons. The Morgan fingerprint density at radius 2 is 2.04 bits per heavy atom. The van der Waals surface area contributed by atoms with Crippen LogP contribution in [0.15, 0.2) is 47.1 Å². The van der Waals surface area contributed by atoms with E-state index in [9.17, 15) is 4.79 Å². The van der Waals surface area contributed by atoms with Crippen LogP contribution >= 0.6 is 0 Å². The minimum absolute atomic E-state index is 0.183. The second kappa shape index (κ2) is 7.10. The predicted octanol–water partition coefficient (Wildman–Crippen LogP) is 2.36. The highest BCUT2D eigenvalue weighted by Crippen LogP contribution is 2.19. The second-order valence-corrected chi connectivity index (χ2v) is 6.32. The van der Waals surface area contributed by atoms with Crippen molar-refractivity contribution in [2.75, 3.05) is 12.8 Å². The van der Waals surface area contributed by atoms with Crippen molar-refractivity contribution in [2.24, 2.45) is 0 Å². The fourth-order valence-corrected chi connectivity index (χ4v) is 2.98. The molecule has 4 aromatic rings. The third-order valence-electron chi connectivity index (χ3n) is 4.40. The largest absolute Gasteiger partial charge is 0.369 e. The molecule has 0 bridgehead atoms. The molecule has 0 atom stereocenters. The zero-order valence-corrected chi connectivity index (χ0v) is 15.5. The molecule has 0 unspecified atom stereocenters. The highest BCUT2D eigenvalue weighted by atomic mass is 16.5. The lowest BCUT2D eigenvalue weighted by Crippen LogP contribution is -2.26. The van der Waals surface area contributed by atoms with Gasteiger partial charge in [-0.3, -0.25) is 9.36 Å². The van der Waals surface area contributed by atoms with Crippen molar-refractivity contribution in [3.8, 4) is 11.4 Å². The van der Waals surface area contributed by atoms with Crippen molar-refractivity contribution in [1.29, 1.82) is 0 Å². The maximum atomic E-state index is 12.8. The highest BCUT2D eigenvalue weighted by molar-refractivity contribution is 5.96. The number of rotatable bonds is 5. The van der Waals surface area contributed by atoms with Crippen molar-refractivity contribution in [3.63, 3.8) is 0 Å². The summed E-state index contributed by atoms with van der Waals surface area (Å²) in [5.74, 6) is 0.990. The Labute approximate surface area is 160 Å². The number of imidazole rings is 1. The third kappa shape index (κ3) is 3.18. The Morgan fingerprint density at radius 1 is 1.25 bits per heavy atom. The van der Waals surface area contributed by atoms with E-state index in [1.807, 2.05) is 37.3 Å². The first-order valence-corrected chi connectivity index (χ1v) is 8.82. The molecule has 0 fully saturated rings. The van der Waals surface area contributed by atoms with Gasteiger partial charge in [-0.05, 0) is 13.0 Å². The monoisotopic (exact) mass is 377 g/mol. The molecule has 0 saturated heterocycles. The van der Waals surface area contributed by atoms with Gasteiger partial charge in [0.25, 0.3) is 5.91 Å². The summed E-state index contributed by atoms with van der Waals surface area (Å²) in [6.07, 6.45) is 1.53. The minimum atomic E-state index is -0.224. The van der Waals surface area contributed by atoms with Gasteiger partial charge in [0, 0.05) is 25.4 Å². The molecule has 4 rings (SSSR count). The van der Waals surface area contributed by atoms with Crippen LogP contribution in [-0.4, -0.2) is 42.5 Å². The second-order valence-electron chi connectivity index (χ2n) is 6.32. The lowest BCUT2D eigenvalue weighted by Gasteiger charge is -2.14. The minimum Gasteiger partial charge on any atom is -0.369 e. The first-order chi connectivity index (χ1) is 13.6. The Morgan fingerprint density at radius 3 is 2.79 bits per heavy atom. The average molecular weight is 377 g/mol. The topological polar surface area (TPSA) is 116 Å². The van der Waals surface area contributed by atoms with Gasteiger partial charge in [0.15, 0.2) is 5.65 Å². The van der Waals surface area contributed by atoms with E-state index in [0.717, 1.165) is 5.56 Å². The lowest BCUT2D eigenvalue weighted by molar-refractivity contribution is 0.0769. The molecule has 0 aliphatic carbocycles. The molecule has 0 aliphatic rings. The highest BCUT2D eigenvalue weighted by Gasteiger charge is 2.18. The van der Waals surface area contributed by atoms with Crippen molar-refractivity contribution in [1.82, 2.24) is 29.6 Å². The molecule has 1 aromatic carbocycles. The summed E-state index contributed by atoms with van der Waals surface area (Å²) in [6.45, 7) is 2.80. The molecular formula is C19H19N7O2. The summed E-state index contributed by atoms with van der Waals surface area (Å²) in [5, 5.41) is 3.97. The number of fused-ring (bicyclic) bond motifs is 1. The fourth-order valence-electron chi connectivity index (χ4n) is 2.98. The number of amides is 1. The fraction of sp³-hybridized carbons (Fsp3) is 0.211. The Kier molecular flexibility index (Phi) is 4.48. The number of aromatic nitrogens is 5. The number of nitrogens with zero attached hydrogens (tertiary/aromatic N) is 6. The van der Waals surface area contributed by atoms with E-state index < -0.39 is 0 Å². The molecular weight excluding hydrogens is 358 g/mol. The number of benzene rings is 1. The van der Waals surface area contributed by atoms with Crippen molar-refractivity contribution < 1.29 is 9.32 Å². The molecule has 2 N–H and O–H groups in total. The van der Waals surface area contributed by atoms with Crippen LogP contribution in [-0.2, 0) is 13.1 Å². The Hall–Kier alpha value is -3.75. The average Bonchev–Trinajstić information content (AvgIpc) is 3.30. The first kappa shape index (κ1) is 17.7. The van der Waals surface area contributed by atoms with Crippen LogP contribution < -0.4 is 5.73 Å². The number of carbonyl (C=O) groups is 1. The van der Waals surface area contributed by atoms with Crippen LogP contribution in [0, 0.1) is 0 Å². The molecule has 0 spiro atoms. The molecule has 9 heteroatoms. The Bertz CT molecular complexity index is 1130. The van der Waals surface area contributed by atoms with Crippen LogP contribution in [0.5, 0.6) is 0 Å². The van der Waals surface area contributed by atoms with Gasteiger partial charge < -0.3 is 15.2 Å². The molecule has 0 aliphatic heterocycles.